The van der Waals surface area contributed by atoms with E-state index in [0.717, 1.165) is 12.6 Å². The molecule has 1 N–H and O–H groups in total. The topological polar surface area (TPSA) is 29.9 Å². The molecule has 108 valence electrons. The number of alkyl halides is 3. The van der Waals surface area contributed by atoms with Gasteiger partial charge in [0, 0.05) is 23.3 Å². The molecule has 1 heterocycles. The highest BCUT2D eigenvalue weighted by Gasteiger charge is 2.33. The van der Waals surface area contributed by atoms with Gasteiger partial charge < -0.3 is 5.32 Å². The van der Waals surface area contributed by atoms with Crippen molar-refractivity contribution >= 4 is 11.6 Å². The van der Waals surface area contributed by atoms with E-state index in [1.54, 1.807) is 18.2 Å². The Bertz CT molecular complexity index is 593. The lowest BCUT2D eigenvalue weighted by atomic mass is 10.1. The second kappa shape index (κ2) is 5.85. The van der Waals surface area contributed by atoms with Crippen LogP contribution in [-0.4, -0.2) is 16.3 Å². The molecule has 0 saturated heterocycles. The van der Waals surface area contributed by atoms with Gasteiger partial charge in [0.2, 0.25) is 0 Å². The smallest absolute Gasteiger partial charge is 0.313 e. The van der Waals surface area contributed by atoms with E-state index in [4.69, 9.17) is 11.6 Å². The molecule has 0 spiro atoms. The van der Waals surface area contributed by atoms with Gasteiger partial charge in [0.25, 0.3) is 0 Å². The van der Waals surface area contributed by atoms with Crippen molar-refractivity contribution in [1.29, 1.82) is 0 Å². The first-order valence-electron chi connectivity index (χ1n) is 6.05. The average Bonchev–Trinajstić information content (AvgIpc) is 2.86. The first-order valence-corrected chi connectivity index (χ1v) is 6.42. The molecule has 0 unspecified atom stereocenters. The molecular formula is C13H13ClF3N3. The summed E-state index contributed by atoms with van der Waals surface area (Å²) in [6.45, 7) is 3.14. The van der Waals surface area contributed by atoms with Gasteiger partial charge in [-0.1, -0.05) is 24.6 Å². The maximum atomic E-state index is 12.6. The van der Waals surface area contributed by atoms with Crippen molar-refractivity contribution in [1.82, 2.24) is 15.1 Å². The number of rotatable bonds is 4. The Labute approximate surface area is 119 Å². The summed E-state index contributed by atoms with van der Waals surface area (Å²) in [7, 11) is 0. The first kappa shape index (κ1) is 14.9. The summed E-state index contributed by atoms with van der Waals surface area (Å²) in [6, 6.07) is 6.01. The van der Waals surface area contributed by atoms with E-state index >= 15 is 0 Å². The minimum atomic E-state index is -4.45. The van der Waals surface area contributed by atoms with Gasteiger partial charge in [0.05, 0.1) is 5.69 Å². The first-order chi connectivity index (χ1) is 9.43. The van der Waals surface area contributed by atoms with E-state index in [9.17, 15) is 13.2 Å². The standard InChI is InChI=1S/C13H13ClF3N3/c1-2-18-8-9-10(14)4-3-5-11(9)20-7-6-12(19-20)13(15,16)17/h3-7,18H,2,8H2,1H3. The number of benzene rings is 1. The van der Waals surface area contributed by atoms with Crippen LogP contribution in [0, 0.1) is 0 Å². The molecule has 0 bridgehead atoms. The van der Waals surface area contributed by atoms with Crippen molar-refractivity contribution in [3.05, 3.63) is 46.7 Å². The minimum Gasteiger partial charge on any atom is -0.313 e. The van der Waals surface area contributed by atoms with E-state index in [2.05, 4.69) is 10.4 Å². The fourth-order valence-electron chi connectivity index (χ4n) is 1.80. The lowest BCUT2D eigenvalue weighted by molar-refractivity contribution is -0.141. The number of nitrogens with zero attached hydrogens (tertiary/aromatic N) is 2. The predicted molar refractivity (Wildman–Crippen MR) is 71.0 cm³/mol. The molecule has 0 aliphatic rings. The molecule has 0 aliphatic carbocycles. The van der Waals surface area contributed by atoms with Crippen molar-refractivity contribution in [3.8, 4) is 5.69 Å². The maximum Gasteiger partial charge on any atom is 0.435 e. The Morgan fingerprint density at radius 3 is 2.65 bits per heavy atom. The van der Waals surface area contributed by atoms with Crippen LogP contribution in [0.15, 0.2) is 30.5 Å². The Morgan fingerprint density at radius 2 is 2.05 bits per heavy atom. The zero-order valence-electron chi connectivity index (χ0n) is 10.7. The molecule has 7 heteroatoms. The number of hydrogen-bond donors (Lipinski definition) is 1. The van der Waals surface area contributed by atoms with E-state index in [1.165, 1.54) is 10.9 Å². The Morgan fingerprint density at radius 1 is 1.30 bits per heavy atom. The molecule has 0 aliphatic heterocycles. The number of aromatic nitrogens is 2. The third-order valence-corrected chi connectivity index (χ3v) is 3.13. The van der Waals surface area contributed by atoms with Crippen molar-refractivity contribution in [3.63, 3.8) is 0 Å². The highest BCUT2D eigenvalue weighted by Crippen LogP contribution is 2.29. The van der Waals surface area contributed by atoms with Crippen LogP contribution in [0.4, 0.5) is 13.2 Å². The third kappa shape index (κ3) is 3.13. The van der Waals surface area contributed by atoms with Crippen LogP contribution < -0.4 is 5.32 Å². The van der Waals surface area contributed by atoms with Crippen LogP contribution in [0.2, 0.25) is 5.02 Å². The lowest BCUT2D eigenvalue weighted by Gasteiger charge is -2.12. The van der Waals surface area contributed by atoms with Gasteiger partial charge in [-0.15, -0.1) is 0 Å². The largest absolute Gasteiger partial charge is 0.435 e. The third-order valence-electron chi connectivity index (χ3n) is 2.77. The summed E-state index contributed by atoms with van der Waals surface area (Å²) in [4.78, 5) is 0. The predicted octanol–water partition coefficient (Wildman–Crippen LogP) is 3.65. The van der Waals surface area contributed by atoms with E-state index in [0.29, 0.717) is 22.8 Å². The van der Waals surface area contributed by atoms with E-state index < -0.39 is 11.9 Å². The minimum absolute atomic E-state index is 0.465. The monoisotopic (exact) mass is 303 g/mol. The molecule has 0 radical (unpaired) electrons. The van der Waals surface area contributed by atoms with Gasteiger partial charge in [-0.05, 0) is 24.7 Å². The molecule has 2 aromatic rings. The van der Waals surface area contributed by atoms with Crippen LogP contribution in [0.5, 0.6) is 0 Å². The fourth-order valence-corrected chi connectivity index (χ4v) is 2.03. The molecule has 2 rings (SSSR count). The van der Waals surface area contributed by atoms with Crippen molar-refractivity contribution < 1.29 is 13.2 Å². The second-order valence-electron chi connectivity index (χ2n) is 4.16. The van der Waals surface area contributed by atoms with Gasteiger partial charge in [0.15, 0.2) is 5.69 Å². The van der Waals surface area contributed by atoms with E-state index in [1.807, 2.05) is 6.92 Å². The van der Waals surface area contributed by atoms with Gasteiger partial charge in [-0.2, -0.15) is 18.3 Å². The molecular weight excluding hydrogens is 291 g/mol. The van der Waals surface area contributed by atoms with Crippen LogP contribution in [0.1, 0.15) is 18.2 Å². The molecule has 1 aromatic carbocycles. The van der Waals surface area contributed by atoms with Crippen molar-refractivity contribution in [2.24, 2.45) is 0 Å². The number of halogens is 4. The molecule has 1 aromatic heterocycles. The van der Waals surface area contributed by atoms with Gasteiger partial charge in [-0.3, -0.25) is 0 Å². The summed E-state index contributed by atoms with van der Waals surface area (Å²) in [5.41, 5.74) is 0.327. The normalized spacial score (nSPS) is 11.8. The summed E-state index contributed by atoms with van der Waals surface area (Å²) in [5, 5.41) is 7.16. The second-order valence-corrected chi connectivity index (χ2v) is 4.57. The average molecular weight is 304 g/mol. The number of hydrogen-bond acceptors (Lipinski definition) is 2. The van der Waals surface area contributed by atoms with Crippen molar-refractivity contribution in [2.75, 3.05) is 6.54 Å². The van der Waals surface area contributed by atoms with Gasteiger partial charge in [0.1, 0.15) is 0 Å². The summed E-state index contributed by atoms with van der Waals surface area (Å²) < 4.78 is 39.0. The molecule has 0 fully saturated rings. The SMILES string of the molecule is CCNCc1c(Cl)cccc1-n1ccc(C(F)(F)F)n1. The summed E-state index contributed by atoms with van der Waals surface area (Å²) in [5.74, 6) is 0. The van der Waals surface area contributed by atoms with Crippen LogP contribution in [-0.2, 0) is 12.7 Å². The molecule has 0 saturated carbocycles. The number of nitrogens with one attached hydrogen (secondary N) is 1. The lowest BCUT2D eigenvalue weighted by Crippen LogP contribution is -2.15. The zero-order chi connectivity index (χ0) is 14.8. The Balaban J connectivity index is 2.42. The molecule has 0 amide bonds. The highest BCUT2D eigenvalue weighted by atomic mass is 35.5. The highest BCUT2D eigenvalue weighted by molar-refractivity contribution is 6.31. The zero-order valence-corrected chi connectivity index (χ0v) is 11.5. The van der Waals surface area contributed by atoms with E-state index in [-0.39, 0.29) is 0 Å². The van der Waals surface area contributed by atoms with Crippen molar-refractivity contribution in [2.45, 2.75) is 19.6 Å². The van der Waals surface area contributed by atoms with Crippen LogP contribution in [0.3, 0.4) is 0 Å². The molecule has 20 heavy (non-hydrogen) atoms. The Hall–Kier alpha value is -1.53. The van der Waals surface area contributed by atoms with Gasteiger partial charge in [-0.25, -0.2) is 4.68 Å². The quantitative estimate of drug-likeness (QED) is 0.934. The van der Waals surface area contributed by atoms with Gasteiger partial charge >= 0.3 is 6.18 Å². The maximum absolute atomic E-state index is 12.6. The molecule has 0 atom stereocenters. The van der Waals surface area contributed by atoms with Crippen LogP contribution >= 0.6 is 11.6 Å². The van der Waals surface area contributed by atoms with Crippen LogP contribution in [0.25, 0.3) is 5.69 Å². The molecule has 3 nitrogen and oxygen atoms in total. The fraction of sp³-hybridized carbons (Fsp3) is 0.308. The summed E-state index contributed by atoms with van der Waals surface area (Å²) >= 11 is 6.11. The summed E-state index contributed by atoms with van der Waals surface area (Å²) in [6.07, 6.45) is -3.17. The Kier molecular flexibility index (Phi) is 4.35.